The van der Waals surface area contributed by atoms with Crippen LogP contribution in [0.25, 0.3) is 0 Å². The van der Waals surface area contributed by atoms with Gasteiger partial charge in [0, 0.05) is 65.1 Å². The Morgan fingerprint density at radius 1 is 0.329 bits per heavy atom. The molecule has 0 aliphatic heterocycles. The van der Waals surface area contributed by atoms with Gasteiger partial charge in [-0.1, -0.05) is 116 Å². The lowest BCUT2D eigenvalue weighted by molar-refractivity contribution is -0.144. The molecule has 0 saturated carbocycles. The molecule has 0 aliphatic rings. The van der Waals surface area contributed by atoms with Crippen molar-refractivity contribution >= 4 is 36.2 Å². The minimum absolute atomic E-state index is 0.0427. The number of aliphatic hydroxyl groups is 1. The van der Waals surface area contributed by atoms with Crippen LogP contribution in [0.3, 0.4) is 0 Å². The van der Waals surface area contributed by atoms with Crippen molar-refractivity contribution in [3.63, 3.8) is 0 Å². The molecule has 0 atom stereocenters. The summed E-state index contributed by atoms with van der Waals surface area (Å²) in [5.41, 5.74) is -1.75. The third-order valence-corrected chi connectivity index (χ3v) is 11.9. The van der Waals surface area contributed by atoms with Gasteiger partial charge in [0.2, 0.25) is 0 Å². The van der Waals surface area contributed by atoms with E-state index in [1.165, 1.54) is 0 Å². The SMILES string of the molecule is CC(C)(C)OC(=O)N(CCCO)CCCCCCCCCCC(=O)OCCCN(CCCCCCCCCCC(=O)OCCCN(CCCCCCCCCCC(=O)O)C(=O)OC(C)(C)C)C(=O)OC(C)(C)C. The van der Waals surface area contributed by atoms with Crippen molar-refractivity contribution in [1.29, 1.82) is 0 Å². The molecule has 0 unspecified atom stereocenters. The fourth-order valence-electron chi connectivity index (χ4n) is 8.06. The van der Waals surface area contributed by atoms with Crippen LogP contribution in [-0.2, 0) is 38.1 Å². The maximum absolute atomic E-state index is 13.0. The van der Waals surface area contributed by atoms with Gasteiger partial charge >= 0.3 is 36.2 Å². The number of ether oxygens (including phenoxy) is 5. The molecule has 0 radical (unpaired) electrons. The third kappa shape index (κ3) is 46.4. The molecule has 0 saturated heterocycles. The van der Waals surface area contributed by atoms with Crippen molar-refractivity contribution in [3.05, 3.63) is 0 Å². The van der Waals surface area contributed by atoms with E-state index in [9.17, 15) is 33.9 Å². The lowest BCUT2D eigenvalue weighted by Gasteiger charge is -2.27. The van der Waals surface area contributed by atoms with Gasteiger partial charge in [-0.15, -0.1) is 0 Å². The van der Waals surface area contributed by atoms with E-state index < -0.39 is 22.8 Å². The van der Waals surface area contributed by atoms with Crippen LogP contribution in [0.15, 0.2) is 0 Å². The summed E-state index contributed by atoms with van der Waals surface area (Å²) in [6, 6.07) is 0. The third-order valence-electron chi connectivity index (χ3n) is 11.9. The van der Waals surface area contributed by atoms with Crippen molar-refractivity contribution < 1.29 is 62.7 Å². The van der Waals surface area contributed by atoms with E-state index in [2.05, 4.69) is 0 Å². The van der Waals surface area contributed by atoms with E-state index in [0.29, 0.717) is 71.4 Å². The Bertz CT molecular complexity index is 1460. The molecule has 0 aromatic heterocycles. The number of carboxylic acid groups (broad SMARTS) is 1. The molecular formula is C57H107N3O13. The largest absolute Gasteiger partial charge is 0.481 e. The lowest BCUT2D eigenvalue weighted by Crippen LogP contribution is -2.38. The number of esters is 2. The van der Waals surface area contributed by atoms with Gasteiger partial charge in [-0.25, -0.2) is 14.4 Å². The van der Waals surface area contributed by atoms with Crippen molar-refractivity contribution in [2.24, 2.45) is 0 Å². The molecule has 0 aromatic rings. The molecule has 428 valence electrons. The lowest BCUT2D eigenvalue weighted by atomic mass is 10.1. The first-order valence-electron chi connectivity index (χ1n) is 28.6. The molecule has 0 rings (SSSR count). The number of carboxylic acids is 1. The van der Waals surface area contributed by atoms with Crippen LogP contribution in [0.2, 0.25) is 0 Å². The van der Waals surface area contributed by atoms with Gasteiger partial charge < -0.3 is 48.6 Å². The predicted octanol–water partition coefficient (Wildman–Crippen LogP) is 13.6. The van der Waals surface area contributed by atoms with E-state index in [0.717, 1.165) is 154 Å². The number of carbonyl (C=O) groups excluding carboxylic acids is 5. The van der Waals surface area contributed by atoms with Crippen molar-refractivity contribution in [1.82, 2.24) is 14.7 Å². The summed E-state index contributed by atoms with van der Waals surface area (Å²) in [5, 5.41) is 18.0. The predicted molar refractivity (Wildman–Crippen MR) is 289 cm³/mol. The Morgan fingerprint density at radius 3 is 0.822 bits per heavy atom. The molecule has 0 spiro atoms. The molecule has 0 aliphatic carbocycles. The highest BCUT2D eigenvalue weighted by Gasteiger charge is 2.24. The van der Waals surface area contributed by atoms with E-state index >= 15 is 0 Å². The molecule has 0 fully saturated rings. The second kappa shape index (κ2) is 42.4. The highest BCUT2D eigenvalue weighted by atomic mass is 16.6. The zero-order chi connectivity index (χ0) is 54.8. The van der Waals surface area contributed by atoms with Gasteiger partial charge in [0.15, 0.2) is 0 Å². The monoisotopic (exact) mass is 1040 g/mol. The highest BCUT2D eigenvalue weighted by molar-refractivity contribution is 5.70. The maximum atomic E-state index is 13.0. The Hall–Kier alpha value is -3.82. The highest BCUT2D eigenvalue weighted by Crippen LogP contribution is 2.18. The van der Waals surface area contributed by atoms with Gasteiger partial charge in [0.25, 0.3) is 0 Å². The van der Waals surface area contributed by atoms with Crippen LogP contribution in [-0.4, -0.2) is 137 Å². The first-order valence-corrected chi connectivity index (χ1v) is 28.6. The Labute approximate surface area is 443 Å². The number of nitrogens with zero attached hydrogens (tertiary/aromatic N) is 3. The fourth-order valence-corrected chi connectivity index (χ4v) is 8.06. The number of carbonyl (C=O) groups is 6. The van der Waals surface area contributed by atoms with Crippen molar-refractivity contribution in [2.45, 2.75) is 272 Å². The molecule has 2 N–H and O–H groups in total. The average Bonchev–Trinajstić information content (AvgIpc) is 3.28. The molecular weight excluding hydrogens is 935 g/mol. The first kappa shape index (κ1) is 69.2. The van der Waals surface area contributed by atoms with E-state index in [4.69, 9.17) is 28.8 Å². The van der Waals surface area contributed by atoms with Crippen LogP contribution in [0.4, 0.5) is 14.4 Å². The summed E-state index contributed by atoms with van der Waals surface area (Å²) in [7, 11) is 0. The smallest absolute Gasteiger partial charge is 0.410 e. The van der Waals surface area contributed by atoms with E-state index in [1.807, 2.05) is 62.3 Å². The van der Waals surface area contributed by atoms with E-state index in [1.54, 1.807) is 14.7 Å². The normalized spacial score (nSPS) is 11.8. The van der Waals surface area contributed by atoms with Crippen LogP contribution in [0.5, 0.6) is 0 Å². The number of aliphatic carboxylic acids is 1. The number of unbranched alkanes of at least 4 members (excludes halogenated alkanes) is 21. The molecule has 0 heterocycles. The molecule has 16 nitrogen and oxygen atoms in total. The van der Waals surface area contributed by atoms with Crippen LogP contribution in [0, 0.1) is 0 Å². The number of hydrogen-bond acceptors (Lipinski definition) is 12. The molecule has 16 heteroatoms. The minimum Gasteiger partial charge on any atom is -0.481 e. The van der Waals surface area contributed by atoms with Crippen LogP contribution in [0.1, 0.15) is 255 Å². The Balaban J connectivity index is 4.25. The quantitative estimate of drug-likeness (QED) is 0.0332. The molecule has 0 bridgehead atoms. The summed E-state index contributed by atoms with van der Waals surface area (Å²) < 4.78 is 27.8. The van der Waals surface area contributed by atoms with E-state index in [-0.39, 0.29) is 56.5 Å². The van der Waals surface area contributed by atoms with Gasteiger partial charge in [-0.3, -0.25) is 14.4 Å². The van der Waals surface area contributed by atoms with Crippen LogP contribution < -0.4 is 0 Å². The zero-order valence-corrected chi connectivity index (χ0v) is 47.8. The standard InChI is InChI=1S/C57H107N3O13/c1-55(2,3)71-52(66)58(43-34-46-61)40-31-25-20-14-11-17-23-29-38-50(64)70-48-36-45-60(54(68)73-57(7,8)9)42-33-27-21-15-12-18-24-30-39-51(65)69-47-35-44-59(53(67)72-56(4,5)6)41-32-26-19-13-10-16-22-28-37-49(62)63/h61H,10-48H2,1-9H3,(H,62,63). The second-order valence-corrected chi connectivity index (χ2v) is 22.8. The molecule has 73 heavy (non-hydrogen) atoms. The average molecular weight is 1040 g/mol. The summed E-state index contributed by atoms with van der Waals surface area (Å²) in [6.07, 6.45) is 25.4. The number of amides is 3. The Morgan fingerprint density at radius 2 is 0.562 bits per heavy atom. The molecule has 3 amide bonds. The van der Waals surface area contributed by atoms with Gasteiger partial charge in [-0.05, 0) is 120 Å². The maximum Gasteiger partial charge on any atom is 0.410 e. The number of hydrogen-bond donors (Lipinski definition) is 2. The zero-order valence-electron chi connectivity index (χ0n) is 47.8. The number of aliphatic hydroxyl groups excluding tert-OH is 1. The van der Waals surface area contributed by atoms with Gasteiger partial charge in [-0.2, -0.15) is 0 Å². The van der Waals surface area contributed by atoms with Crippen molar-refractivity contribution in [3.8, 4) is 0 Å². The second-order valence-electron chi connectivity index (χ2n) is 22.8. The summed E-state index contributed by atoms with van der Waals surface area (Å²) in [4.78, 5) is 79.0. The topological polar surface area (TPSA) is 199 Å². The van der Waals surface area contributed by atoms with Gasteiger partial charge in [0.05, 0.1) is 13.2 Å². The Kier molecular flexibility index (Phi) is 40.2. The summed E-state index contributed by atoms with van der Waals surface area (Å²) >= 11 is 0. The minimum atomic E-state index is -0.735. The van der Waals surface area contributed by atoms with Crippen molar-refractivity contribution in [2.75, 3.05) is 59.1 Å². The number of rotatable bonds is 44. The summed E-state index contributed by atoms with van der Waals surface area (Å²) in [5.74, 6) is -1.15. The fraction of sp³-hybridized carbons (Fsp3) is 0.895. The summed E-state index contributed by atoms with van der Waals surface area (Å²) in [6.45, 7) is 20.5. The van der Waals surface area contributed by atoms with Gasteiger partial charge in [0.1, 0.15) is 16.8 Å². The first-order chi connectivity index (χ1) is 34.5. The van der Waals surface area contributed by atoms with Crippen LogP contribution >= 0.6 is 0 Å². The molecule has 0 aromatic carbocycles.